The molecule has 8 heteroatoms. The van der Waals surface area contributed by atoms with E-state index in [0.29, 0.717) is 27.8 Å². The molecule has 1 unspecified atom stereocenters. The first-order valence-electron chi connectivity index (χ1n) is 10.7. The molecule has 5 aromatic rings. The number of hydrogen-bond donors (Lipinski definition) is 2. The molecule has 0 bridgehead atoms. The lowest BCUT2D eigenvalue weighted by atomic mass is 9.84. The Morgan fingerprint density at radius 2 is 1.54 bits per heavy atom. The van der Waals surface area contributed by atoms with Gasteiger partial charge in [0.05, 0.1) is 22.4 Å². The third-order valence-electron chi connectivity index (χ3n) is 6.09. The molecule has 2 aromatic heterocycles. The molecule has 1 atom stereocenters. The predicted octanol–water partition coefficient (Wildman–Crippen LogP) is 6.87. The van der Waals surface area contributed by atoms with Crippen molar-refractivity contribution in [2.24, 2.45) is 0 Å². The maximum Gasteiger partial charge on any atom is 0.344 e. The summed E-state index contributed by atoms with van der Waals surface area (Å²) in [6, 6.07) is 21.3. The van der Waals surface area contributed by atoms with Gasteiger partial charge >= 0.3 is 5.63 Å². The number of nitrogens with one attached hydrogen (secondary N) is 1. The quantitative estimate of drug-likeness (QED) is 0.173. The third-order valence-corrected chi connectivity index (χ3v) is 7.15. The van der Waals surface area contributed by atoms with E-state index in [-0.39, 0.29) is 22.9 Å². The van der Waals surface area contributed by atoms with E-state index in [1.165, 1.54) is 0 Å². The summed E-state index contributed by atoms with van der Waals surface area (Å²) in [7, 11) is 0. The number of halogens is 2. The van der Waals surface area contributed by atoms with E-state index in [2.05, 4.69) is 36.8 Å². The lowest BCUT2D eigenvalue weighted by molar-refractivity contribution is 0.103. The topological polar surface area (TPSA) is 92.5 Å². The molecule has 0 saturated carbocycles. The average Bonchev–Trinajstić information content (AvgIpc) is 3.19. The van der Waals surface area contributed by atoms with Gasteiger partial charge in [0.25, 0.3) is 0 Å². The number of aromatic nitrogens is 1. The normalized spacial score (nSPS) is 14.3. The van der Waals surface area contributed by atoms with Crippen LogP contribution >= 0.6 is 31.9 Å². The third kappa shape index (κ3) is 3.52. The molecular weight excluding hydrogens is 578 g/mol. The van der Waals surface area contributed by atoms with E-state index in [9.17, 15) is 14.7 Å². The van der Waals surface area contributed by atoms with Gasteiger partial charge < -0.3 is 19.2 Å². The number of carbonyl (C=O) groups excluding carboxylic acids is 1. The van der Waals surface area contributed by atoms with Crippen molar-refractivity contribution >= 4 is 48.6 Å². The minimum Gasteiger partial charge on any atom is -0.505 e. The zero-order valence-electron chi connectivity index (χ0n) is 17.8. The number of H-pyrrole nitrogens is 1. The van der Waals surface area contributed by atoms with Crippen molar-refractivity contribution < 1.29 is 19.1 Å². The van der Waals surface area contributed by atoms with Crippen LogP contribution in [-0.2, 0) is 0 Å². The number of para-hydroxylation sites is 1. The Morgan fingerprint density at radius 3 is 2.26 bits per heavy atom. The Morgan fingerprint density at radius 1 is 0.886 bits per heavy atom. The highest BCUT2D eigenvalue weighted by Crippen LogP contribution is 2.52. The summed E-state index contributed by atoms with van der Waals surface area (Å²) in [5.74, 6) is -0.840. The van der Waals surface area contributed by atoms with E-state index < -0.39 is 17.3 Å². The van der Waals surface area contributed by atoms with Crippen molar-refractivity contribution in [3.63, 3.8) is 0 Å². The van der Waals surface area contributed by atoms with Crippen LogP contribution in [0.15, 0.2) is 91.0 Å². The van der Waals surface area contributed by atoms with Gasteiger partial charge in [-0.2, -0.15) is 0 Å². The van der Waals surface area contributed by atoms with Crippen LogP contribution in [0, 0.1) is 0 Å². The van der Waals surface area contributed by atoms with Gasteiger partial charge in [-0.3, -0.25) is 4.79 Å². The van der Waals surface area contributed by atoms with Crippen molar-refractivity contribution in [1.29, 1.82) is 0 Å². The van der Waals surface area contributed by atoms with Crippen LogP contribution in [0.4, 0.5) is 0 Å². The van der Waals surface area contributed by atoms with Crippen LogP contribution in [0.3, 0.4) is 0 Å². The number of carbonyl (C=O) groups is 1. The Labute approximate surface area is 215 Å². The molecule has 3 heterocycles. The van der Waals surface area contributed by atoms with Crippen LogP contribution in [0.5, 0.6) is 17.4 Å². The maximum absolute atomic E-state index is 13.3. The number of fused-ring (bicyclic) bond motifs is 4. The smallest absolute Gasteiger partial charge is 0.344 e. The van der Waals surface area contributed by atoms with Crippen molar-refractivity contribution in [1.82, 2.24) is 4.98 Å². The summed E-state index contributed by atoms with van der Waals surface area (Å²) in [5.41, 5.74) is 1.50. The van der Waals surface area contributed by atoms with Gasteiger partial charge in [0.15, 0.2) is 11.5 Å². The lowest BCUT2D eigenvalue weighted by Gasteiger charge is -2.26. The monoisotopic (exact) mass is 591 g/mol. The maximum atomic E-state index is 13.3. The lowest BCUT2D eigenvalue weighted by Crippen LogP contribution is -2.20. The summed E-state index contributed by atoms with van der Waals surface area (Å²) < 4.78 is 13.5. The molecule has 6 nitrogen and oxygen atoms in total. The summed E-state index contributed by atoms with van der Waals surface area (Å²) in [5, 5.41) is 11.9. The van der Waals surface area contributed by atoms with Gasteiger partial charge in [0, 0.05) is 14.5 Å². The van der Waals surface area contributed by atoms with E-state index in [4.69, 9.17) is 9.15 Å². The standard InChI is InChI=1S/C27H15Br2NO5/c28-15-9-5-13(6-10-15)19-20-24(32)22(23(31)14-7-11-16(29)12-8-14)30-26(20)35-25-17-3-1-2-4-18(17)34-27(33)21(19)25/h1-12,19,30,32H. The summed E-state index contributed by atoms with van der Waals surface area (Å²) in [4.78, 5) is 29.5. The predicted molar refractivity (Wildman–Crippen MR) is 138 cm³/mol. The fourth-order valence-electron chi connectivity index (χ4n) is 4.47. The summed E-state index contributed by atoms with van der Waals surface area (Å²) >= 11 is 6.80. The van der Waals surface area contributed by atoms with Crippen LogP contribution < -0.4 is 10.4 Å². The Hall–Kier alpha value is -3.62. The minimum absolute atomic E-state index is 0.0130. The zero-order chi connectivity index (χ0) is 24.3. The number of hydrogen-bond acceptors (Lipinski definition) is 5. The Kier molecular flexibility index (Phi) is 5.16. The molecule has 1 aliphatic rings. The first-order valence-corrected chi connectivity index (χ1v) is 12.2. The molecule has 0 spiro atoms. The van der Waals surface area contributed by atoms with Crippen molar-refractivity contribution in [3.05, 3.63) is 120 Å². The molecule has 35 heavy (non-hydrogen) atoms. The molecule has 6 rings (SSSR count). The van der Waals surface area contributed by atoms with Gasteiger partial charge in [-0.15, -0.1) is 0 Å². The van der Waals surface area contributed by atoms with Crippen LogP contribution in [0.1, 0.15) is 38.7 Å². The van der Waals surface area contributed by atoms with Crippen LogP contribution in [0.2, 0.25) is 0 Å². The van der Waals surface area contributed by atoms with Crippen molar-refractivity contribution in [2.45, 2.75) is 5.92 Å². The molecule has 0 aliphatic carbocycles. The highest BCUT2D eigenvalue weighted by atomic mass is 79.9. The number of aromatic amines is 1. The largest absolute Gasteiger partial charge is 0.505 e. The first kappa shape index (κ1) is 21.9. The van der Waals surface area contributed by atoms with E-state index in [1.54, 1.807) is 42.5 Å². The van der Waals surface area contributed by atoms with E-state index in [1.807, 2.05) is 30.3 Å². The van der Waals surface area contributed by atoms with Gasteiger partial charge in [-0.25, -0.2) is 4.79 Å². The molecule has 0 radical (unpaired) electrons. The molecule has 1 aliphatic heterocycles. The van der Waals surface area contributed by atoms with Crippen molar-refractivity contribution in [3.8, 4) is 17.4 Å². The second kappa shape index (κ2) is 8.25. The SMILES string of the molecule is O=C(c1ccc(Br)cc1)c1[nH]c2c(c1O)C(c1ccc(Br)cc1)c1c(c3ccccc3oc1=O)O2. The molecule has 2 N–H and O–H groups in total. The molecule has 0 amide bonds. The Balaban J connectivity index is 1.61. The second-order valence-corrected chi connectivity index (χ2v) is 9.97. The number of benzene rings is 3. The Bertz CT molecular complexity index is 1680. The molecule has 0 fully saturated rings. The summed E-state index contributed by atoms with van der Waals surface area (Å²) in [6.07, 6.45) is 0. The molecule has 3 aromatic carbocycles. The van der Waals surface area contributed by atoms with E-state index in [0.717, 1.165) is 14.5 Å². The minimum atomic E-state index is -0.717. The number of rotatable bonds is 3. The van der Waals surface area contributed by atoms with Gasteiger partial charge in [0.2, 0.25) is 11.7 Å². The first-order chi connectivity index (χ1) is 16.9. The summed E-state index contributed by atoms with van der Waals surface area (Å²) in [6.45, 7) is 0. The van der Waals surface area contributed by atoms with Crippen LogP contribution in [-0.4, -0.2) is 15.9 Å². The molecule has 172 valence electrons. The second-order valence-electron chi connectivity index (χ2n) is 8.14. The number of ketones is 1. The number of ether oxygens (including phenoxy) is 1. The fraction of sp³-hybridized carbons (Fsp3) is 0.0370. The van der Waals surface area contributed by atoms with Gasteiger partial charge in [-0.1, -0.05) is 56.1 Å². The molecular formula is C27H15Br2NO5. The van der Waals surface area contributed by atoms with E-state index >= 15 is 0 Å². The zero-order valence-corrected chi connectivity index (χ0v) is 21.0. The number of aromatic hydroxyl groups is 1. The fourth-order valence-corrected chi connectivity index (χ4v) is 5.00. The molecule has 0 saturated heterocycles. The highest BCUT2D eigenvalue weighted by Gasteiger charge is 2.39. The van der Waals surface area contributed by atoms with Crippen LogP contribution in [0.25, 0.3) is 11.0 Å². The van der Waals surface area contributed by atoms with Gasteiger partial charge in [0.1, 0.15) is 11.3 Å². The van der Waals surface area contributed by atoms with Crippen molar-refractivity contribution in [2.75, 3.05) is 0 Å². The average molecular weight is 593 g/mol. The van der Waals surface area contributed by atoms with Gasteiger partial charge in [-0.05, 0) is 54.1 Å². The highest BCUT2D eigenvalue weighted by molar-refractivity contribution is 9.10.